The summed E-state index contributed by atoms with van der Waals surface area (Å²) in [4.78, 5) is 49.4. The number of benzene rings is 1. The van der Waals surface area contributed by atoms with Gasteiger partial charge in [0, 0.05) is 42.5 Å². The molecule has 0 spiro atoms. The van der Waals surface area contributed by atoms with Crippen LogP contribution in [0.15, 0.2) is 35.5 Å². The molecule has 2 atom stereocenters. The van der Waals surface area contributed by atoms with Gasteiger partial charge in [0.15, 0.2) is 5.78 Å². The van der Waals surface area contributed by atoms with Gasteiger partial charge in [0.25, 0.3) is 0 Å². The quantitative estimate of drug-likeness (QED) is 0.364. The van der Waals surface area contributed by atoms with Gasteiger partial charge in [-0.05, 0) is 30.9 Å². The number of carbonyl (C=O) groups is 4. The highest BCUT2D eigenvalue weighted by Gasteiger charge is 2.40. The standard InChI is InChI=1S/C23H27FN2O6S2/c1-13(27)25-18(23(31)32)12-33-34-19-8-9-26(11-15-4-2-3-5-17(15)24)21(16(19)10-20(28)29)22(30)14-6-7-14/h2-5,14,18-19H,6-12H2,1H3,(H,25,27)(H,28,29)(H,31,32)/t18-,19?/m0/s1. The van der Waals surface area contributed by atoms with Gasteiger partial charge in [0.2, 0.25) is 5.91 Å². The van der Waals surface area contributed by atoms with Gasteiger partial charge in [0.1, 0.15) is 11.9 Å². The summed E-state index contributed by atoms with van der Waals surface area (Å²) in [6.45, 7) is 1.85. The highest BCUT2D eigenvalue weighted by molar-refractivity contribution is 8.77. The van der Waals surface area contributed by atoms with E-state index in [0.29, 0.717) is 29.8 Å². The zero-order valence-corrected chi connectivity index (χ0v) is 20.3. The van der Waals surface area contributed by atoms with Gasteiger partial charge in [-0.2, -0.15) is 0 Å². The van der Waals surface area contributed by atoms with E-state index in [4.69, 9.17) is 0 Å². The van der Waals surface area contributed by atoms with Crippen LogP contribution in [0.25, 0.3) is 0 Å². The van der Waals surface area contributed by atoms with E-state index in [1.54, 1.807) is 23.1 Å². The van der Waals surface area contributed by atoms with Crippen molar-refractivity contribution in [2.24, 2.45) is 5.92 Å². The van der Waals surface area contributed by atoms with Crippen LogP contribution in [0, 0.1) is 11.7 Å². The Morgan fingerprint density at radius 3 is 2.47 bits per heavy atom. The number of ketones is 1. The van der Waals surface area contributed by atoms with Crippen LogP contribution in [0.4, 0.5) is 4.39 Å². The highest BCUT2D eigenvalue weighted by Crippen LogP contribution is 2.43. The van der Waals surface area contributed by atoms with Crippen molar-refractivity contribution in [3.05, 3.63) is 46.9 Å². The van der Waals surface area contributed by atoms with Crippen molar-refractivity contribution in [2.45, 2.75) is 50.4 Å². The molecular weight excluding hydrogens is 483 g/mol. The van der Waals surface area contributed by atoms with E-state index in [0.717, 1.165) is 12.8 Å². The molecule has 1 amide bonds. The molecule has 8 nitrogen and oxygen atoms in total. The molecule has 34 heavy (non-hydrogen) atoms. The minimum absolute atomic E-state index is 0.0846. The monoisotopic (exact) mass is 510 g/mol. The summed E-state index contributed by atoms with van der Waals surface area (Å²) in [6, 6.07) is 5.24. The van der Waals surface area contributed by atoms with Gasteiger partial charge in [-0.1, -0.05) is 39.8 Å². The summed E-state index contributed by atoms with van der Waals surface area (Å²) >= 11 is 0. The summed E-state index contributed by atoms with van der Waals surface area (Å²) < 4.78 is 14.3. The average Bonchev–Trinajstić information content (AvgIpc) is 3.60. The van der Waals surface area contributed by atoms with Crippen LogP contribution in [-0.4, -0.2) is 62.3 Å². The first-order valence-electron chi connectivity index (χ1n) is 10.9. The van der Waals surface area contributed by atoms with Gasteiger partial charge in [-0.3, -0.25) is 14.4 Å². The third-order valence-electron chi connectivity index (χ3n) is 5.61. The number of hydrogen-bond acceptors (Lipinski definition) is 7. The first kappa shape index (κ1) is 26.1. The second kappa shape index (κ2) is 11.7. The van der Waals surface area contributed by atoms with E-state index in [2.05, 4.69) is 5.32 Å². The minimum atomic E-state index is -1.16. The van der Waals surface area contributed by atoms with Crippen molar-refractivity contribution in [1.82, 2.24) is 10.2 Å². The fourth-order valence-electron chi connectivity index (χ4n) is 3.83. The Kier molecular flexibility index (Phi) is 9.01. The molecule has 2 aliphatic rings. The fourth-order valence-corrected chi connectivity index (χ4v) is 6.73. The number of nitrogens with one attached hydrogen (secondary N) is 1. The van der Waals surface area contributed by atoms with Crippen LogP contribution < -0.4 is 5.32 Å². The first-order valence-corrected chi connectivity index (χ1v) is 13.3. The van der Waals surface area contributed by atoms with Gasteiger partial charge in [-0.25, -0.2) is 9.18 Å². The van der Waals surface area contributed by atoms with Crippen LogP contribution in [0.3, 0.4) is 0 Å². The van der Waals surface area contributed by atoms with Gasteiger partial charge < -0.3 is 20.4 Å². The van der Waals surface area contributed by atoms with Crippen LogP contribution in [0.2, 0.25) is 0 Å². The van der Waals surface area contributed by atoms with Crippen molar-refractivity contribution in [2.75, 3.05) is 12.3 Å². The lowest BCUT2D eigenvalue weighted by Crippen LogP contribution is -2.41. The van der Waals surface area contributed by atoms with E-state index in [1.165, 1.54) is 34.6 Å². The van der Waals surface area contributed by atoms with Crippen molar-refractivity contribution >= 4 is 45.2 Å². The third-order valence-corrected chi connectivity index (χ3v) is 8.48. The first-order chi connectivity index (χ1) is 16.2. The van der Waals surface area contributed by atoms with Crippen molar-refractivity contribution in [3.8, 4) is 0 Å². The number of allylic oxidation sites excluding steroid dienone is 1. The number of aliphatic carboxylic acids is 2. The molecule has 1 fully saturated rings. The summed E-state index contributed by atoms with van der Waals surface area (Å²) in [7, 11) is 2.53. The Labute approximate surface area is 204 Å². The van der Waals surface area contributed by atoms with Crippen molar-refractivity contribution < 1.29 is 33.8 Å². The molecule has 0 saturated heterocycles. The molecule has 1 heterocycles. The maximum atomic E-state index is 14.3. The Hall–Kier alpha value is -2.53. The summed E-state index contributed by atoms with van der Waals surface area (Å²) in [5.41, 5.74) is 1.27. The summed E-state index contributed by atoms with van der Waals surface area (Å²) in [5, 5.41) is 20.9. The number of rotatable bonds is 12. The topological polar surface area (TPSA) is 124 Å². The molecular formula is C23H27FN2O6S2. The van der Waals surface area contributed by atoms with Crippen molar-refractivity contribution in [3.63, 3.8) is 0 Å². The zero-order valence-electron chi connectivity index (χ0n) is 18.7. The predicted octanol–water partition coefficient (Wildman–Crippen LogP) is 3.08. The van der Waals surface area contributed by atoms with E-state index in [9.17, 15) is 33.8 Å². The van der Waals surface area contributed by atoms with Gasteiger partial charge >= 0.3 is 11.9 Å². The molecule has 0 bridgehead atoms. The number of carbonyl (C=O) groups excluding carboxylic acids is 2. The largest absolute Gasteiger partial charge is 0.481 e. The molecule has 1 aliphatic carbocycles. The molecule has 1 saturated carbocycles. The second-order valence-corrected chi connectivity index (χ2v) is 11.0. The predicted molar refractivity (Wildman–Crippen MR) is 128 cm³/mol. The molecule has 0 radical (unpaired) electrons. The van der Waals surface area contributed by atoms with Gasteiger partial charge in [0.05, 0.1) is 12.1 Å². The van der Waals surface area contributed by atoms with Crippen LogP contribution in [0.1, 0.15) is 38.2 Å². The SMILES string of the molecule is CC(=O)N[C@@H](CSSC1CCN(Cc2ccccc2F)C(C(=O)C2CC2)=C1CC(=O)O)C(=O)O. The molecule has 11 heteroatoms. The van der Waals surface area contributed by atoms with Crippen LogP contribution in [0.5, 0.6) is 0 Å². The molecule has 1 aliphatic heterocycles. The minimum Gasteiger partial charge on any atom is -0.481 e. The number of nitrogens with zero attached hydrogens (tertiary/aromatic N) is 1. The number of amides is 1. The summed E-state index contributed by atoms with van der Waals surface area (Å²) in [6.07, 6.45) is 1.70. The van der Waals surface area contributed by atoms with Gasteiger partial charge in [-0.15, -0.1) is 0 Å². The highest BCUT2D eigenvalue weighted by atomic mass is 33.1. The maximum Gasteiger partial charge on any atom is 0.327 e. The molecule has 184 valence electrons. The Morgan fingerprint density at radius 2 is 1.88 bits per heavy atom. The molecule has 0 aromatic heterocycles. The molecule has 1 unspecified atom stereocenters. The maximum absolute atomic E-state index is 14.3. The van der Waals surface area contributed by atoms with Crippen molar-refractivity contribution in [1.29, 1.82) is 0 Å². The Morgan fingerprint density at radius 1 is 1.18 bits per heavy atom. The number of hydrogen-bond donors (Lipinski definition) is 3. The smallest absolute Gasteiger partial charge is 0.327 e. The van der Waals surface area contributed by atoms with E-state index >= 15 is 0 Å². The average molecular weight is 511 g/mol. The summed E-state index contributed by atoms with van der Waals surface area (Å²) in [5.74, 6) is -3.23. The lowest BCUT2D eigenvalue weighted by Gasteiger charge is -2.37. The molecule has 1 aromatic rings. The zero-order chi connectivity index (χ0) is 24.8. The number of Topliss-reactive ketones (excluding diaryl/α,β-unsaturated/α-hetero) is 1. The normalized spacial score (nSPS) is 19.0. The molecule has 3 N–H and O–H groups in total. The molecule has 3 rings (SSSR count). The Bertz CT molecular complexity index is 997. The van der Waals surface area contributed by atoms with Crippen LogP contribution >= 0.6 is 21.6 Å². The number of halogens is 1. The van der Waals surface area contributed by atoms with E-state index in [1.807, 2.05) is 0 Å². The number of carboxylic acids is 2. The third kappa shape index (κ3) is 6.99. The van der Waals surface area contributed by atoms with E-state index < -0.39 is 23.9 Å². The lowest BCUT2D eigenvalue weighted by atomic mass is 9.94. The second-order valence-electron chi connectivity index (χ2n) is 8.35. The van der Waals surface area contributed by atoms with E-state index in [-0.39, 0.29) is 41.5 Å². The van der Waals surface area contributed by atoms with Crippen LogP contribution in [-0.2, 0) is 25.7 Å². The molecule has 1 aromatic carbocycles. The Balaban J connectivity index is 1.85. The lowest BCUT2D eigenvalue weighted by molar-refractivity contribution is -0.140. The fraction of sp³-hybridized carbons (Fsp3) is 0.478. The number of carboxylic acid groups (broad SMARTS) is 2.